The second kappa shape index (κ2) is 7.96. The molecule has 0 saturated heterocycles. The molecule has 1 heterocycles. The van der Waals surface area contributed by atoms with E-state index in [4.69, 9.17) is 8.92 Å². The second-order valence-corrected chi connectivity index (χ2v) is 7.90. The molecule has 26 heavy (non-hydrogen) atoms. The zero-order valence-electron chi connectivity index (χ0n) is 15.0. The molecule has 0 aliphatic rings. The van der Waals surface area contributed by atoms with Crippen molar-refractivity contribution in [2.45, 2.75) is 27.0 Å². The first-order valence-electron chi connectivity index (χ1n) is 7.90. The highest BCUT2D eigenvalue weighted by atomic mass is 32.2. The van der Waals surface area contributed by atoms with Gasteiger partial charge < -0.3 is 4.74 Å². The van der Waals surface area contributed by atoms with Crippen LogP contribution in [-0.2, 0) is 27.5 Å². The van der Waals surface area contributed by atoms with E-state index in [2.05, 4.69) is 5.10 Å². The van der Waals surface area contributed by atoms with Crippen LogP contribution in [0.3, 0.4) is 0 Å². The number of benzene rings is 1. The van der Waals surface area contributed by atoms with Crippen LogP contribution in [-0.4, -0.2) is 31.6 Å². The van der Waals surface area contributed by atoms with Crippen molar-refractivity contribution in [2.75, 3.05) is 13.4 Å². The molecule has 0 aliphatic carbocycles. The van der Waals surface area contributed by atoms with E-state index in [1.54, 1.807) is 6.07 Å². The molecule has 1 aromatic carbocycles. The number of ether oxygens (including phenoxy) is 1. The zero-order valence-corrected chi connectivity index (χ0v) is 15.8. The fourth-order valence-corrected chi connectivity index (χ4v) is 2.65. The first kappa shape index (κ1) is 20.1. The van der Waals surface area contributed by atoms with Crippen molar-refractivity contribution < 1.29 is 21.7 Å². The van der Waals surface area contributed by atoms with Crippen LogP contribution in [0.15, 0.2) is 29.1 Å². The molecular weight excluding hydrogens is 363 g/mol. The highest BCUT2D eigenvalue weighted by Gasteiger charge is 2.15. The minimum Gasteiger partial charge on any atom is -0.494 e. The Labute approximate surface area is 151 Å². The fraction of sp³-hybridized carbons (Fsp3) is 0.412. The van der Waals surface area contributed by atoms with Crippen LogP contribution in [0.2, 0.25) is 0 Å². The van der Waals surface area contributed by atoms with Crippen LogP contribution in [0, 0.1) is 11.7 Å². The zero-order chi connectivity index (χ0) is 19.5. The molecule has 0 amide bonds. The lowest BCUT2D eigenvalue weighted by Gasteiger charge is -2.13. The average molecular weight is 384 g/mol. The summed E-state index contributed by atoms with van der Waals surface area (Å²) in [4.78, 5) is 12.5. The molecule has 1 aromatic heterocycles. The summed E-state index contributed by atoms with van der Waals surface area (Å²) in [6.45, 7) is 3.75. The van der Waals surface area contributed by atoms with E-state index in [9.17, 15) is 17.6 Å². The number of hydrogen-bond donors (Lipinski definition) is 0. The van der Waals surface area contributed by atoms with Crippen LogP contribution in [0.25, 0.3) is 11.3 Å². The second-order valence-electron chi connectivity index (χ2n) is 6.25. The Morgan fingerprint density at radius 3 is 2.50 bits per heavy atom. The molecule has 9 heteroatoms. The van der Waals surface area contributed by atoms with Crippen molar-refractivity contribution in [2.24, 2.45) is 5.92 Å². The summed E-state index contributed by atoms with van der Waals surface area (Å²) in [6, 6.07) is 5.71. The van der Waals surface area contributed by atoms with Gasteiger partial charge in [-0.25, -0.2) is 9.07 Å². The fourth-order valence-electron chi connectivity index (χ4n) is 2.31. The highest BCUT2D eigenvalue weighted by molar-refractivity contribution is 7.85. The topological polar surface area (TPSA) is 87.5 Å². The summed E-state index contributed by atoms with van der Waals surface area (Å²) in [5.41, 5.74) is 0.442. The van der Waals surface area contributed by atoms with E-state index in [1.165, 1.54) is 30.0 Å². The van der Waals surface area contributed by atoms with E-state index in [-0.39, 0.29) is 17.2 Å². The smallest absolute Gasteiger partial charge is 0.272 e. The van der Waals surface area contributed by atoms with Gasteiger partial charge in [0.15, 0.2) is 11.6 Å². The molecule has 0 fully saturated rings. The van der Waals surface area contributed by atoms with Crippen molar-refractivity contribution in [1.82, 2.24) is 9.78 Å². The molecule has 0 spiro atoms. The highest BCUT2D eigenvalue weighted by Crippen LogP contribution is 2.24. The van der Waals surface area contributed by atoms with Gasteiger partial charge in [0.25, 0.3) is 15.7 Å². The quantitative estimate of drug-likeness (QED) is 0.680. The average Bonchev–Trinajstić information content (AvgIpc) is 2.54. The van der Waals surface area contributed by atoms with E-state index in [1.807, 2.05) is 13.8 Å². The van der Waals surface area contributed by atoms with E-state index < -0.39 is 28.1 Å². The molecule has 0 aliphatic heterocycles. The van der Waals surface area contributed by atoms with Gasteiger partial charge in [0, 0.05) is 17.7 Å². The van der Waals surface area contributed by atoms with Crippen molar-refractivity contribution in [1.29, 1.82) is 0 Å². The van der Waals surface area contributed by atoms with Gasteiger partial charge in [0.1, 0.15) is 0 Å². The summed E-state index contributed by atoms with van der Waals surface area (Å²) < 4.78 is 47.4. The lowest BCUT2D eigenvalue weighted by molar-refractivity contribution is 0.307. The normalized spacial score (nSPS) is 11.8. The van der Waals surface area contributed by atoms with Crippen molar-refractivity contribution in [3.8, 4) is 17.0 Å². The van der Waals surface area contributed by atoms with Crippen molar-refractivity contribution >= 4 is 10.1 Å². The largest absolute Gasteiger partial charge is 0.494 e. The maximum Gasteiger partial charge on any atom is 0.272 e. The van der Waals surface area contributed by atoms with Crippen LogP contribution in [0.1, 0.15) is 19.4 Å². The number of halogens is 1. The van der Waals surface area contributed by atoms with Gasteiger partial charge in [-0.1, -0.05) is 13.8 Å². The first-order valence-corrected chi connectivity index (χ1v) is 9.71. The predicted octanol–water partition coefficient (Wildman–Crippen LogP) is 2.19. The molecule has 2 rings (SSSR count). The minimum atomic E-state index is -3.71. The Bertz CT molecular complexity index is 954. The van der Waals surface area contributed by atoms with Gasteiger partial charge in [0.2, 0.25) is 0 Å². The van der Waals surface area contributed by atoms with Gasteiger partial charge in [0.05, 0.1) is 25.7 Å². The molecule has 0 atom stereocenters. The van der Waals surface area contributed by atoms with Gasteiger partial charge in [-0.15, -0.1) is 0 Å². The summed E-state index contributed by atoms with van der Waals surface area (Å²) in [5.74, 6) is -0.348. The van der Waals surface area contributed by atoms with Gasteiger partial charge in [-0.05, 0) is 30.2 Å². The van der Waals surface area contributed by atoms with Gasteiger partial charge in [-0.2, -0.15) is 13.5 Å². The maximum atomic E-state index is 14.0. The maximum absolute atomic E-state index is 14.0. The van der Waals surface area contributed by atoms with Crippen LogP contribution < -0.4 is 10.3 Å². The van der Waals surface area contributed by atoms with E-state index in [0.717, 1.165) is 6.26 Å². The molecule has 142 valence electrons. The Balaban J connectivity index is 2.54. The summed E-state index contributed by atoms with van der Waals surface area (Å²) in [7, 11) is -2.35. The third kappa shape index (κ3) is 5.12. The number of hydrogen-bond acceptors (Lipinski definition) is 6. The van der Waals surface area contributed by atoms with Gasteiger partial charge in [-0.3, -0.25) is 8.98 Å². The number of rotatable bonds is 7. The van der Waals surface area contributed by atoms with Crippen molar-refractivity contribution in [3.05, 3.63) is 46.0 Å². The minimum absolute atomic E-state index is 0.0879. The molecular formula is C17H21FN2O5S. The third-order valence-corrected chi connectivity index (χ3v) is 4.01. The van der Waals surface area contributed by atoms with Crippen molar-refractivity contribution in [3.63, 3.8) is 0 Å². The molecule has 2 aromatic rings. The number of nitrogens with zero attached hydrogens (tertiary/aromatic N) is 2. The molecule has 7 nitrogen and oxygen atoms in total. The standard InChI is InChI=1S/C17H21FN2O5S/c1-11(2)9-20-17(21)13(10-25-26(4,22)23)8-15(19-20)12-5-6-16(24-3)14(18)7-12/h5-8,11H,9-10H2,1-4H3. The van der Waals surface area contributed by atoms with Crippen LogP contribution in [0.4, 0.5) is 4.39 Å². The molecule has 0 unspecified atom stereocenters. The van der Waals surface area contributed by atoms with Crippen LogP contribution >= 0.6 is 0 Å². The monoisotopic (exact) mass is 384 g/mol. The number of aromatic nitrogens is 2. The number of methoxy groups -OCH3 is 1. The lowest BCUT2D eigenvalue weighted by Crippen LogP contribution is -2.29. The lowest BCUT2D eigenvalue weighted by atomic mass is 10.1. The predicted molar refractivity (Wildman–Crippen MR) is 94.9 cm³/mol. The summed E-state index contributed by atoms with van der Waals surface area (Å²) >= 11 is 0. The Hall–Kier alpha value is -2.26. The molecule has 0 radical (unpaired) electrons. The van der Waals surface area contributed by atoms with E-state index in [0.29, 0.717) is 17.8 Å². The first-order chi connectivity index (χ1) is 12.1. The SMILES string of the molecule is COc1ccc(-c2cc(COS(C)(=O)=O)c(=O)n(CC(C)C)n2)cc1F. The Morgan fingerprint density at radius 1 is 1.27 bits per heavy atom. The van der Waals surface area contributed by atoms with Crippen LogP contribution in [0.5, 0.6) is 5.75 Å². The third-order valence-electron chi connectivity index (χ3n) is 3.46. The molecule has 0 bridgehead atoms. The molecule has 0 saturated carbocycles. The Morgan fingerprint density at radius 2 is 1.96 bits per heavy atom. The summed E-state index contributed by atoms with van der Waals surface area (Å²) in [6.07, 6.45) is 0.903. The van der Waals surface area contributed by atoms with E-state index >= 15 is 0 Å². The van der Waals surface area contributed by atoms with Gasteiger partial charge >= 0.3 is 0 Å². The Kier molecular flexibility index (Phi) is 6.14. The molecule has 0 N–H and O–H groups in total. The summed E-state index contributed by atoms with van der Waals surface area (Å²) in [5, 5.41) is 4.28.